The van der Waals surface area contributed by atoms with Gasteiger partial charge in [0.2, 0.25) is 0 Å². The van der Waals surface area contributed by atoms with Crippen molar-refractivity contribution >= 4 is 35.8 Å². The van der Waals surface area contributed by atoms with Crippen molar-refractivity contribution in [3.05, 3.63) is 54.1 Å². The third kappa shape index (κ3) is 9.17. The monoisotopic (exact) mass is 463 g/mol. The van der Waals surface area contributed by atoms with Gasteiger partial charge < -0.3 is 10.2 Å². The van der Waals surface area contributed by atoms with Crippen molar-refractivity contribution in [2.45, 2.75) is 70.4 Å². The first-order chi connectivity index (χ1) is 16.2. The minimum atomic E-state index is -0.0925. The van der Waals surface area contributed by atoms with Crippen molar-refractivity contribution in [3.8, 4) is 5.97 Å². The molecule has 3 rings (SSSR count). The summed E-state index contributed by atoms with van der Waals surface area (Å²) in [5.41, 5.74) is 2.53. The molecule has 2 aromatic carbocycles. The van der Waals surface area contributed by atoms with E-state index in [9.17, 15) is 4.79 Å². The predicted octanol–water partition coefficient (Wildman–Crippen LogP) is 7.41. The lowest BCUT2D eigenvalue weighted by Gasteiger charge is -2.30. The maximum Gasteiger partial charge on any atom is 0.271 e. The number of carbonyl (C=O) groups is 1. The molecule has 0 aromatic heterocycles. The van der Waals surface area contributed by atoms with Crippen LogP contribution < -0.4 is 10.2 Å². The van der Waals surface area contributed by atoms with E-state index >= 15 is 0 Å². The van der Waals surface area contributed by atoms with Crippen LogP contribution in [0, 0.1) is 11.2 Å². The van der Waals surface area contributed by atoms with Gasteiger partial charge >= 0.3 is 0 Å². The topological polar surface area (TPSA) is 56.1 Å². The molecule has 0 aliphatic carbocycles. The van der Waals surface area contributed by atoms with E-state index in [4.69, 9.17) is 5.26 Å². The molecule has 0 saturated carbocycles. The molecule has 1 heterocycles. The molecule has 1 fully saturated rings. The summed E-state index contributed by atoms with van der Waals surface area (Å²) in [4.78, 5) is 16.3. The van der Waals surface area contributed by atoms with Gasteiger partial charge in [-0.1, -0.05) is 52.5 Å². The van der Waals surface area contributed by atoms with E-state index in [1.165, 1.54) is 37.0 Å². The number of hydrogen-bond donors (Lipinski definition) is 1. The number of rotatable bonds is 10. The van der Waals surface area contributed by atoms with Crippen LogP contribution in [0.3, 0.4) is 0 Å². The average Bonchev–Trinajstić information content (AvgIpc) is 2.88. The number of thioether (sulfide) groups is 1. The van der Waals surface area contributed by atoms with Crippen molar-refractivity contribution in [3.63, 3.8) is 0 Å². The van der Waals surface area contributed by atoms with Crippen LogP contribution in [0.4, 0.5) is 11.4 Å². The zero-order chi connectivity index (χ0) is 23.9. The fourth-order valence-electron chi connectivity index (χ4n) is 3.84. The summed E-state index contributed by atoms with van der Waals surface area (Å²) in [7, 11) is 0. The highest BCUT2D eigenvalue weighted by molar-refractivity contribution is 7.99. The summed E-state index contributed by atoms with van der Waals surface area (Å²) in [6, 6.07) is 15.9. The van der Waals surface area contributed by atoms with Gasteiger partial charge in [0, 0.05) is 40.9 Å². The fraction of sp³-hybridized carbons (Fsp3) is 0.481. The van der Waals surface area contributed by atoms with Gasteiger partial charge in [0.1, 0.15) is 0 Å². The van der Waals surface area contributed by atoms with E-state index in [1.54, 1.807) is 0 Å². The normalized spacial score (nSPS) is 13.0. The van der Waals surface area contributed by atoms with Crippen LogP contribution in [0.5, 0.6) is 0 Å². The molecule has 0 atom stereocenters. The van der Waals surface area contributed by atoms with Gasteiger partial charge in [-0.05, 0) is 67.3 Å². The molecule has 4 nitrogen and oxygen atoms in total. The van der Waals surface area contributed by atoms with Gasteiger partial charge in [0.15, 0.2) is 0 Å². The minimum absolute atomic E-state index is 0.0925. The van der Waals surface area contributed by atoms with Crippen molar-refractivity contribution in [2.24, 2.45) is 0 Å². The molecule has 33 heavy (non-hydrogen) atoms. The first kappa shape index (κ1) is 26.9. The second-order valence-electron chi connectivity index (χ2n) is 8.18. The smallest absolute Gasteiger partial charge is 0.271 e. The largest absolute Gasteiger partial charge is 0.373 e. The molecule has 0 radical (unpaired) electrons. The van der Waals surface area contributed by atoms with Gasteiger partial charge in [-0.2, -0.15) is 0 Å². The van der Waals surface area contributed by atoms with Crippen molar-refractivity contribution < 1.29 is 4.79 Å². The number of benzene rings is 2. The quantitative estimate of drug-likeness (QED) is 0.227. The van der Waals surface area contributed by atoms with Crippen LogP contribution in [0.25, 0.3) is 0 Å². The Balaban J connectivity index is 0.00000187. The summed E-state index contributed by atoms with van der Waals surface area (Å²) >= 11 is 1.88. The first-order valence-electron chi connectivity index (χ1n) is 12.5. The molecule has 1 aliphatic rings. The summed E-state index contributed by atoms with van der Waals surface area (Å²) in [5, 5.41) is 12.1. The van der Waals surface area contributed by atoms with E-state index < -0.39 is 0 Å². The second-order valence-corrected chi connectivity index (χ2v) is 9.35. The predicted molar refractivity (Wildman–Crippen MR) is 145 cm³/mol. The molecule has 1 aliphatic heterocycles. The maximum absolute atomic E-state index is 12.8. The van der Waals surface area contributed by atoms with Crippen LogP contribution >= 0.6 is 11.8 Å². The Morgan fingerprint density at radius 2 is 1.76 bits per heavy atom. The Bertz CT molecular complexity index is 874. The van der Waals surface area contributed by atoms with E-state index in [1.807, 2.05) is 62.0 Å². The Morgan fingerprint density at radius 3 is 2.42 bits per heavy atom. The van der Waals surface area contributed by atoms with Crippen LogP contribution in [0.15, 0.2) is 53.4 Å². The summed E-state index contributed by atoms with van der Waals surface area (Å²) < 4.78 is 0. The molecule has 0 unspecified atom stereocenters. The number of hydrogen-bond acceptors (Lipinski definition) is 4. The number of nitrogens with zero attached hydrogens (tertiary/aromatic N) is 2. The Morgan fingerprint density at radius 1 is 1.06 bits per heavy atom. The second kappa shape index (κ2) is 15.5. The number of nitrogens with one attached hydrogen (secondary N) is 1. The average molecular weight is 464 g/mol. The molecule has 0 spiro atoms. The third-order valence-corrected chi connectivity index (χ3v) is 6.88. The summed E-state index contributed by atoms with van der Waals surface area (Å²) in [6.45, 7) is 8.12. The van der Waals surface area contributed by atoms with Gasteiger partial charge in [0.25, 0.3) is 12.6 Å². The van der Waals surface area contributed by atoms with Crippen molar-refractivity contribution in [1.29, 1.82) is 5.26 Å². The summed E-state index contributed by atoms with van der Waals surface area (Å²) in [5.74, 6) is 3.42. The third-order valence-electron chi connectivity index (χ3n) is 5.78. The number of anilines is 2. The lowest BCUT2D eigenvalue weighted by Crippen LogP contribution is -2.36. The molecular weight excluding hydrogens is 425 g/mol. The Labute approximate surface area is 205 Å². The molecule has 6 heteroatoms. The van der Waals surface area contributed by atoms with Crippen molar-refractivity contribution in [2.75, 3.05) is 29.1 Å². The van der Waals surface area contributed by atoms with E-state index in [-0.39, 0.29) is 12.6 Å². The lowest BCUT2D eigenvalue weighted by atomic mass is 9.45. The lowest BCUT2D eigenvalue weighted by molar-refractivity contribution is 0.102. The molecule has 1 amide bonds. The Hall–Kier alpha value is -2.39. The molecule has 176 valence electrons. The van der Waals surface area contributed by atoms with Crippen LogP contribution in [0.1, 0.15) is 63.2 Å². The molecule has 1 saturated heterocycles. The number of amides is 1. The summed E-state index contributed by atoms with van der Waals surface area (Å²) in [6.07, 6.45) is 8.29. The maximum atomic E-state index is 12.8. The molecule has 1 N–H and O–H groups in total. The van der Waals surface area contributed by atoms with E-state index in [2.05, 4.69) is 35.2 Å². The first-order valence-corrected chi connectivity index (χ1v) is 13.5. The van der Waals surface area contributed by atoms with Crippen LogP contribution in [-0.2, 0) is 0 Å². The number of nitriles is 1. The zero-order valence-electron chi connectivity index (χ0n) is 20.5. The van der Waals surface area contributed by atoms with E-state index in [0.29, 0.717) is 5.56 Å². The van der Waals surface area contributed by atoms with Gasteiger partial charge in [-0.25, -0.2) is 5.26 Å². The standard InChI is InChI=1S/C25H32BN3OS.C2H6/c1-2-3-4-5-6-18-31-24-12-10-22(11-13-24)28-25(30)21-8-7-9-23(19-21)29-16-14-26(20-27)15-17-29;1-2/h7-13,19H,2-6,14-18H2,1H3,(H,28,30);1-2H3. The van der Waals surface area contributed by atoms with Crippen LogP contribution in [0.2, 0.25) is 12.6 Å². The van der Waals surface area contributed by atoms with Crippen molar-refractivity contribution in [1.82, 2.24) is 0 Å². The van der Waals surface area contributed by atoms with Gasteiger partial charge in [-0.3, -0.25) is 4.79 Å². The fourth-order valence-corrected chi connectivity index (χ4v) is 4.76. The highest BCUT2D eigenvalue weighted by Gasteiger charge is 2.23. The molecular formula is C27H38BN3OS. The number of unbranched alkanes of at least 4 members (excludes halogenated alkanes) is 4. The zero-order valence-corrected chi connectivity index (χ0v) is 21.3. The van der Waals surface area contributed by atoms with Gasteiger partial charge in [-0.15, -0.1) is 11.8 Å². The van der Waals surface area contributed by atoms with E-state index in [0.717, 1.165) is 42.9 Å². The van der Waals surface area contributed by atoms with Crippen LogP contribution in [-0.4, -0.2) is 31.5 Å². The highest BCUT2D eigenvalue weighted by atomic mass is 32.2. The molecule has 0 bridgehead atoms. The SMILES string of the molecule is CC.CCCCCCCSc1ccc(NC(=O)c2cccc(N3CCB(C#N)CC3)c2)cc1. The Kier molecular flexibility index (Phi) is 12.6. The number of carbonyl (C=O) groups excluding carboxylic acids is 1. The van der Waals surface area contributed by atoms with Gasteiger partial charge in [0.05, 0.1) is 0 Å². The minimum Gasteiger partial charge on any atom is -0.373 e. The highest BCUT2D eigenvalue weighted by Crippen LogP contribution is 2.24. The molecule has 2 aromatic rings.